The Hall–Kier alpha value is -0.410. The summed E-state index contributed by atoms with van der Waals surface area (Å²) < 4.78 is 14.1. The first-order valence-corrected chi connectivity index (χ1v) is 4.68. The third-order valence-corrected chi connectivity index (χ3v) is 2.69. The fraction of sp³-hybridized carbons (Fsp3) is 0.333. The predicted molar refractivity (Wildman–Crippen MR) is 49.4 cm³/mol. The standard InChI is InChI=1S/C9H9BrFN/c10-5-1-2-8(11)6(3-5)7-4-9(7)12/h1-3,7,9H,4,12H2. The predicted octanol–water partition coefficient (Wildman–Crippen LogP) is 2.40. The summed E-state index contributed by atoms with van der Waals surface area (Å²) in [6.07, 6.45) is 0.910. The Morgan fingerprint density at radius 1 is 1.50 bits per heavy atom. The van der Waals surface area contributed by atoms with Crippen molar-refractivity contribution < 1.29 is 4.39 Å². The lowest BCUT2D eigenvalue weighted by Gasteiger charge is -2.01. The average Bonchev–Trinajstić information content (AvgIpc) is 2.73. The SMILES string of the molecule is NC1CC1c1cc(Br)ccc1F. The van der Waals surface area contributed by atoms with E-state index < -0.39 is 0 Å². The van der Waals surface area contributed by atoms with E-state index in [1.807, 2.05) is 6.07 Å². The zero-order valence-corrected chi connectivity index (χ0v) is 8.01. The summed E-state index contributed by atoms with van der Waals surface area (Å²) in [6, 6.07) is 5.15. The van der Waals surface area contributed by atoms with Crippen molar-refractivity contribution in [3.05, 3.63) is 34.1 Å². The minimum atomic E-state index is -0.142. The summed E-state index contributed by atoms with van der Waals surface area (Å²) in [4.78, 5) is 0. The van der Waals surface area contributed by atoms with E-state index in [2.05, 4.69) is 15.9 Å². The van der Waals surface area contributed by atoms with Gasteiger partial charge >= 0.3 is 0 Å². The summed E-state index contributed by atoms with van der Waals surface area (Å²) in [5.41, 5.74) is 6.38. The van der Waals surface area contributed by atoms with Gasteiger partial charge in [-0.05, 0) is 30.2 Å². The van der Waals surface area contributed by atoms with Crippen molar-refractivity contribution in [2.75, 3.05) is 0 Å². The van der Waals surface area contributed by atoms with Crippen LogP contribution in [-0.4, -0.2) is 6.04 Å². The average molecular weight is 230 g/mol. The van der Waals surface area contributed by atoms with Crippen molar-refractivity contribution in [2.24, 2.45) is 5.73 Å². The van der Waals surface area contributed by atoms with E-state index in [4.69, 9.17) is 5.73 Å². The van der Waals surface area contributed by atoms with Crippen molar-refractivity contribution in [3.63, 3.8) is 0 Å². The maximum atomic E-state index is 13.2. The Morgan fingerprint density at radius 2 is 2.17 bits per heavy atom. The van der Waals surface area contributed by atoms with Crippen molar-refractivity contribution in [3.8, 4) is 0 Å². The van der Waals surface area contributed by atoms with Crippen molar-refractivity contribution >= 4 is 15.9 Å². The second-order valence-corrected chi connectivity index (χ2v) is 4.09. The van der Waals surface area contributed by atoms with Crippen LogP contribution in [0.3, 0.4) is 0 Å². The first kappa shape index (κ1) is 8.20. The smallest absolute Gasteiger partial charge is 0.126 e. The molecule has 1 aliphatic rings. The lowest BCUT2D eigenvalue weighted by Crippen LogP contribution is -2.02. The maximum absolute atomic E-state index is 13.2. The topological polar surface area (TPSA) is 26.0 Å². The molecule has 0 bridgehead atoms. The first-order valence-electron chi connectivity index (χ1n) is 3.89. The van der Waals surface area contributed by atoms with Crippen molar-refractivity contribution in [2.45, 2.75) is 18.4 Å². The molecule has 2 rings (SSSR count). The Morgan fingerprint density at radius 3 is 2.75 bits per heavy atom. The van der Waals surface area contributed by atoms with Gasteiger partial charge in [-0.2, -0.15) is 0 Å². The quantitative estimate of drug-likeness (QED) is 0.787. The highest BCUT2D eigenvalue weighted by Crippen LogP contribution is 2.40. The van der Waals surface area contributed by atoms with E-state index in [0.29, 0.717) is 0 Å². The molecular formula is C9H9BrFN. The number of nitrogens with two attached hydrogens (primary N) is 1. The molecular weight excluding hydrogens is 221 g/mol. The van der Waals surface area contributed by atoms with Gasteiger partial charge in [0.2, 0.25) is 0 Å². The minimum absolute atomic E-state index is 0.142. The number of hydrogen-bond donors (Lipinski definition) is 1. The second-order valence-electron chi connectivity index (χ2n) is 3.17. The summed E-state index contributed by atoms with van der Waals surface area (Å²) in [6.45, 7) is 0. The number of rotatable bonds is 1. The minimum Gasteiger partial charge on any atom is -0.327 e. The highest BCUT2D eigenvalue weighted by atomic mass is 79.9. The molecule has 1 aliphatic carbocycles. The highest BCUT2D eigenvalue weighted by Gasteiger charge is 2.36. The fourth-order valence-electron chi connectivity index (χ4n) is 1.37. The van der Waals surface area contributed by atoms with Gasteiger partial charge in [-0.15, -0.1) is 0 Å². The van der Waals surface area contributed by atoms with Gasteiger partial charge in [-0.3, -0.25) is 0 Å². The molecule has 1 aromatic rings. The molecule has 0 aromatic heterocycles. The Balaban J connectivity index is 2.36. The van der Waals surface area contributed by atoms with Gasteiger partial charge in [0.25, 0.3) is 0 Å². The molecule has 1 aromatic carbocycles. The van der Waals surface area contributed by atoms with E-state index in [-0.39, 0.29) is 17.8 Å². The monoisotopic (exact) mass is 229 g/mol. The zero-order chi connectivity index (χ0) is 8.72. The highest BCUT2D eigenvalue weighted by molar-refractivity contribution is 9.10. The lowest BCUT2D eigenvalue weighted by atomic mass is 10.1. The lowest BCUT2D eigenvalue weighted by molar-refractivity contribution is 0.609. The largest absolute Gasteiger partial charge is 0.327 e. The normalized spacial score (nSPS) is 27.2. The Bertz CT molecular complexity index is 313. The van der Waals surface area contributed by atoms with Crippen LogP contribution >= 0.6 is 15.9 Å². The van der Waals surface area contributed by atoms with Gasteiger partial charge in [0.15, 0.2) is 0 Å². The van der Waals surface area contributed by atoms with Crippen molar-refractivity contribution in [1.29, 1.82) is 0 Å². The fourth-order valence-corrected chi connectivity index (χ4v) is 1.75. The van der Waals surface area contributed by atoms with E-state index in [0.717, 1.165) is 16.5 Å². The van der Waals surface area contributed by atoms with Gasteiger partial charge in [-0.25, -0.2) is 4.39 Å². The molecule has 1 fully saturated rings. The molecule has 0 aliphatic heterocycles. The molecule has 0 radical (unpaired) electrons. The van der Waals surface area contributed by atoms with Crippen LogP contribution in [0.25, 0.3) is 0 Å². The third-order valence-electron chi connectivity index (χ3n) is 2.20. The third kappa shape index (κ3) is 1.39. The molecule has 2 N–H and O–H groups in total. The van der Waals surface area contributed by atoms with Crippen LogP contribution in [0.15, 0.2) is 22.7 Å². The summed E-state index contributed by atoms with van der Waals surface area (Å²) in [5.74, 6) is 0.0960. The van der Waals surface area contributed by atoms with Crippen LogP contribution in [0, 0.1) is 5.82 Å². The number of halogens is 2. The van der Waals surface area contributed by atoms with Gasteiger partial charge in [0, 0.05) is 16.4 Å². The molecule has 64 valence electrons. The number of hydrogen-bond acceptors (Lipinski definition) is 1. The molecule has 0 saturated heterocycles. The van der Waals surface area contributed by atoms with E-state index in [1.165, 1.54) is 6.07 Å². The van der Waals surface area contributed by atoms with E-state index >= 15 is 0 Å². The first-order chi connectivity index (χ1) is 5.68. The molecule has 0 amide bonds. The van der Waals surface area contributed by atoms with Crippen LogP contribution in [0.4, 0.5) is 4.39 Å². The van der Waals surface area contributed by atoms with Crippen LogP contribution in [0.1, 0.15) is 17.9 Å². The van der Waals surface area contributed by atoms with E-state index in [9.17, 15) is 4.39 Å². The maximum Gasteiger partial charge on any atom is 0.126 e. The summed E-state index contributed by atoms with van der Waals surface area (Å²) in [5, 5.41) is 0. The Labute approximate surface area is 78.9 Å². The molecule has 2 atom stereocenters. The van der Waals surface area contributed by atoms with Gasteiger partial charge in [0.05, 0.1) is 0 Å². The molecule has 0 heterocycles. The zero-order valence-electron chi connectivity index (χ0n) is 6.43. The molecule has 3 heteroatoms. The summed E-state index contributed by atoms with van der Waals surface area (Å²) in [7, 11) is 0. The molecule has 1 nitrogen and oxygen atoms in total. The summed E-state index contributed by atoms with van der Waals surface area (Å²) >= 11 is 3.30. The second kappa shape index (κ2) is 2.82. The van der Waals surface area contributed by atoms with E-state index in [1.54, 1.807) is 6.07 Å². The molecule has 0 spiro atoms. The van der Waals surface area contributed by atoms with Crippen LogP contribution < -0.4 is 5.73 Å². The molecule has 12 heavy (non-hydrogen) atoms. The van der Waals surface area contributed by atoms with Gasteiger partial charge in [0.1, 0.15) is 5.82 Å². The van der Waals surface area contributed by atoms with Crippen LogP contribution in [0.5, 0.6) is 0 Å². The van der Waals surface area contributed by atoms with Gasteiger partial charge in [-0.1, -0.05) is 15.9 Å². The molecule has 2 unspecified atom stereocenters. The molecule has 1 saturated carbocycles. The van der Waals surface area contributed by atoms with Crippen LogP contribution in [-0.2, 0) is 0 Å². The number of benzene rings is 1. The van der Waals surface area contributed by atoms with Crippen molar-refractivity contribution in [1.82, 2.24) is 0 Å². The Kier molecular flexibility index (Phi) is 1.93. The van der Waals surface area contributed by atoms with Gasteiger partial charge < -0.3 is 5.73 Å². The van der Waals surface area contributed by atoms with Crippen LogP contribution in [0.2, 0.25) is 0 Å².